The summed E-state index contributed by atoms with van der Waals surface area (Å²) in [6, 6.07) is 0.587. The molecule has 3 heterocycles. The number of rotatable bonds is 1. The summed E-state index contributed by atoms with van der Waals surface area (Å²) in [4.78, 5) is 14.4. The highest BCUT2D eigenvalue weighted by Gasteiger charge is 2.42. The molecule has 0 saturated carbocycles. The summed E-state index contributed by atoms with van der Waals surface area (Å²) in [6.07, 6.45) is 7.69. The van der Waals surface area contributed by atoms with Gasteiger partial charge in [0.15, 0.2) is 0 Å². The molecule has 0 radical (unpaired) electrons. The highest BCUT2D eigenvalue weighted by atomic mass is 16.6. The van der Waals surface area contributed by atoms with Crippen molar-refractivity contribution < 1.29 is 14.3 Å². The largest absolute Gasteiger partial charge is 0.444 e. The molecule has 3 aliphatic rings. The summed E-state index contributed by atoms with van der Waals surface area (Å²) < 4.78 is 11.0. The molecule has 1 amide bonds. The summed E-state index contributed by atoms with van der Waals surface area (Å²) in [5.74, 6) is 0.669. The van der Waals surface area contributed by atoms with Gasteiger partial charge in [-0.25, -0.2) is 4.79 Å². The van der Waals surface area contributed by atoms with Crippen LogP contribution in [0.3, 0.4) is 0 Å². The molecule has 2 saturated heterocycles. The van der Waals surface area contributed by atoms with E-state index in [-0.39, 0.29) is 12.1 Å². The number of ether oxygens (including phenoxy) is 2. The van der Waals surface area contributed by atoms with Crippen LogP contribution >= 0.6 is 0 Å². The fourth-order valence-electron chi connectivity index (χ4n) is 3.83. The van der Waals surface area contributed by atoms with Crippen molar-refractivity contribution in [1.29, 1.82) is 0 Å². The van der Waals surface area contributed by atoms with E-state index >= 15 is 0 Å². The lowest BCUT2D eigenvalue weighted by Gasteiger charge is -2.37. The van der Waals surface area contributed by atoms with E-state index < -0.39 is 5.60 Å². The molecule has 118 valence electrons. The molecular weight excluding hydrogens is 266 g/mol. The van der Waals surface area contributed by atoms with E-state index in [0.29, 0.717) is 12.0 Å². The van der Waals surface area contributed by atoms with E-state index in [1.165, 1.54) is 0 Å². The quantitative estimate of drug-likeness (QED) is 0.694. The predicted molar refractivity (Wildman–Crippen MR) is 81.1 cm³/mol. The van der Waals surface area contributed by atoms with Crippen molar-refractivity contribution in [2.75, 3.05) is 13.2 Å². The van der Waals surface area contributed by atoms with Crippen molar-refractivity contribution in [2.45, 2.75) is 70.6 Å². The van der Waals surface area contributed by atoms with Crippen molar-refractivity contribution in [3.05, 3.63) is 11.6 Å². The van der Waals surface area contributed by atoms with Gasteiger partial charge in [0.05, 0.1) is 6.04 Å². The average molecular weight is 293 g/mol. The number of carbonyl (C=O) groups excluding carboxylic acids is 1. The topological polar surface area (TPSA) is 38.8 Å². The van der Waals surface area contributed by atoms with Crippen LogP contribution in [0.25, 0.3) is 0 Å². The smallest absolute Gasteiger partial charge is 0.411 e. The van der Waals surface area contributed by atoms with E-state index in [0.717, 1.165) is 45.3 Å². The molecule has 21 heavy (non-hydrogen) atoms. The maximum absolute atomic E-state index is 12.4. The van der Waals surface area contributed by atoms with Crippen LogP contribution in [0, 0.1) is 5.92 Å². The van der Waals surface area contributed by atoms with Crippen LogP contribution in [0.5, 0.6) is 0 Å². The normalized spacial score (nSPS) is 30.2. The zero-order chi connectivity index (χ0) is 15.0. The van der Waals surface area contributed by atoms with Crippen molar-refractivity contribution in [1.82, 2.24) is 4.90 Å². The molecule has 2 bridgehead atoms. The molecular formula is C17H27NO3. The predicted octanol–water partition coefficient (Wildman–Crippen LogP) is 3.51. The number of hydrogen-bond acceptors (Lipinski definition) is 3. The lowest BCUT2D eigenvalue weighted by Crippen LogP contribution is -2.46. The van der Waals surface area contributed by atoms with Gasteiger partial charge in [-0.3, -0.25) is 4.90 Å². The molecule has 4 nitrogen and oxygen atoms in total. The Morgan fingerprint density at radius 3 is 2.57 bits per heavy atom. The van der Waals surface area contributed by atoms with Gasteiger partial charge in [-0.2, -0.15) is 0 Å². The first kappa shape index (κ1) is 14.9. The Bertz CT molecular complexity index is 432. The monoisotopic (exact) mass is 293 g/mol. The zero-order valence-corrected chi connectivity index (χ0v) is 13.4. The summed E-state index contributed by atoms with van der Waals surface area (Å²) in [5, 5.41) is 0. The molecule has 3 aliphatic heterocycles. The van der Waals surface area contributed by atoms with Gasteiger partial charge in [0.2, 0.25) is 0 Å². The average Bonchev–Trinajstić information content (AvgIpc) is 2.69. The van der Waals surface area contributed by atoms with Gasteiger partial charge in [0, 0.05) is 19.3 Å². The summed E-state index contributed by atoms with van der Waals surface area (Å²) in [5.41, 5.74) is 1.15. The lowest BCUT2D eigenvalue weighted by molar-refractivity contribution is 0.0155. The fourth-order valence-corrected chi connectivity index (χ4v) is 3.83. The molecule has 3 rings (SSSR count). The van der Waals surface area contributed by atoms with Crippen LogP contribution < -0.4 is 0 Å². The number of carbonyl (C=O) groups is 1. The molecule has 0 aromatic heterocycles. The lowest BCUT2D eigenvalue weighted by atomic mass is 9.85. The second-order valence-corrected chi connectivity index (χ2v) is 7.52. The first-order chi connectivity index (χ1) is 9.94. The zero-order valence-electron chi connectivity index (χ0n) is 13.4. The number of nitrogens with zero attached hydrogens (tertiary/aromatic N) is 1. The number of hydrogen-bond donors (Lipinski definition) is 0. The van der Waals surface area contributed by atoms with E-state index in [1.807, 2.05) is 25.7 Å². The minimum absolute atomic E-state index is 0.141. The van der Waals surface area contributed by atoms with Gasteiger partial charge in [0.1, 0.15) is 5.60 Å². The van der Waals surface area contributed by atoms with Crippen molar-refractivity contribution in [2.24, 2.45) is 5.92 Å². The summed E-state index contributed by atoms with van der Waals surface area (Å²) in [7, 11) is 0. The van der Waals surface area contributed by atoms with Gasteiger partial charge in [-0.15, -0.1) is 0 Å². The third kappa shape index (κ3) is 3.25. The van der Waals surface area contributed by atoms with E-state index in [4.69, 9.17) is 9.47 Å². The van der Waals surface area contributed by atoms with E-state index in [2.05, 4.69) is 6.08 Å². The van der Waals surface area contributed by atoms with Crippen LogP contribution in [0.4, 0.5) is 4.79 Å². The summed E-state index contributed by atoms with van der Waals surface area (Å²) >= 11 is 0. The van der Waals surface area contributed by atoms with Gasteiger partial charge in [-0.05, 0) is 58.8 Å². The van der Waals surface area contributed by atoms with Gasteiger partial charge >= 0.3 is 6.09 Å². The van der Waals surface area contributed by atoms with Crippen LogP contribution in [0.15, 0.2) is 11.6 Å². The van der Waals surface area contributed by atoms with Crippen LogP contribution in [-0.2, 0) is 9.47 Å². The molecule has 0 aromatic carbocycles. The number of amides is 1. The second kappa shape index (κ2) is 5.64. The first-order valence-corrected chi connectivity index (χ1v) is 8.24. The van der Waals surface area contributed by atoms with Gasteiger partial charge < -0.3 is 9.47 Å². The maximum Gasteiger partial charge on any atom is 0.411 e. The third-order valence-electron chi connectivity index (χ3n) is 4.77. The maximum atomic E-state index is 12.4. The van der Waals surface area contributed by atoms with E-state index in [9.17, 15) is 4.79 Å². The molecule has 4 heteroatoms. The standard InChI is InChI=1S/C17H27NO3/c1-17(2,3)21-16(19)18-14-4-5-15(18)11-13(10-14)12-6-8-20-9-7-12/h10,12,14-15H,4-9,11H2,1-3H3. The number of fused-ring (bicyclic) bond motifs is 2. The van der Waals surface area contributed by atoms with Crippen molar-refractivity contribution >= 4 is 6.09 Å². The Hall–Kier alpha value is -1.03. The molecule has 2 fully saturated rings. The van der Waals surface area contributed by atoms with E-state index in [1.54, 1.807) is 5.57 Å². The van der Waals surface area contributed by atoms with Crippen molar-refractivity contribution in [3.8, 4) is 0 Å². The Morgan fingerprint density at radius 1 is 1.24 bits per heavy atom. The Balaban J connectivity index is 1.70. The SMILES string of the molecule is CC(C)(C)OC(=O)N1C2C=C(C3CCOCC3)CC1CC2. The molecule has 0 spiro atoms. The summed E-state index contributed by atoms with van der Waals surface area (Å²) in [6.45, 7) is 7.56. The highest BCUT2D eigenvalue weighted by Crippen LogP contribution is 2.40. The molecule has 2 atom stereocenters. The minimum atomic E-state index is -0.415. The first-order valence-electron chi connectivity index (χ1n) is 8.24. The third-order valence-corrected chi connectivity index (χ3v) is 4.77. The Morgan fingerprint density at radius 2 is 1.95 bits per heavy atom. The van der Waals surface area contributed by atoms with Gasteiger partial charge in [-0.1, -0.05) is 11.6 Å². The fraction of sp³-hybridized carbons (Fsp3) is 0.824. The van der Waals surface area contributed by atoms with Gasteiger partial charge in [0.25, 0.3) is 0 Å². The van der Waals surface area contributed by atoms with Crippen molar-refractivity contribution in [3.63, 3.8) is 0 Å². The molecule has 2 unspecified atom stereocenters. The highest BCUT2D eigenvalue weighted by molar-refractivity contribution is 5.70. The Kier molecular flexibility index (Phi) is 4.00. The second-order valence-electron chi connectivity index (χ2n) is 7.52. The Labute approximate surface area is 127 Å². The van der Waals surface area contributed by atoms with Crippen LogP contribution in [-0.4, -0.2) is 41.9 Å². The molecule has 0 aliphatic carbocycles. The molecule has 0 aromatic rings. The van der Waals surface area contributed by atoms with Crippen LogP contribution in [0.1, 0.15) is 52.9 Å². The van der Waals surface area contributed by atoms with Crippen LogP contribution in [0.2, 0.25) is 0 Å². The molecule has 0 N–H and O–H groups in total. The minimum Gasteiger partial charge on any atom is -0.444 e.